The van der Waals surface area contributed by atoms with Crippen molar-refractivity contribution >= 4 is 56.4 Å². The van der Waals surface area contributed by atoms with Gasteiger partial charge in [-0.15, -0.1) is 0 Å². The number of hydrogen-bond donors (Lipinski definition) is 2. The molecule has 2 aromatic heterocycles. The first kappa shape index (κ1) is 46.3. The maximum atomic E-state index is 15.2. The summed E-state index contributed by atoms with van der Waals surface area (Å²) in [7, 11) is -2.15. The second-order valence-corrected chi connectivity index (χ2v) is 19.8. The maximum absolute atomic E-state index is 15.2. The Labute approximate surface area is 399 Å². The van der Waals surface area contributed by atoms with Crippen LogP contribution in [0.4, 0.5) is 20.4 Å². The Hall–Kier alpha value is -7.42. The van der Waals surface area contributed by atoms with E-state index in [0.717, 1.165) is 66.7 Å². The first-order valence-corrected chi connectivity index (χ1v) is 24.2. The van der Waals surface area contributed by atoms with Crippen LogP contribution in [0.2, 0.25) is 0 Å². The highest BCUT2D eigenvalue weighted by Crippen LogP contribution is 2.37. The average Bonchev–Trinajstić information content (AvgIpc) is 3.89. The highest BCUT2D eigenvalue weighted by molar-refractivity contribution is 7.90. The number of benzene rings is 3. The molecule has 3 aromatic carbocycles. The van der Waals surface area contributed by atoms with E-state index in [1.165, 1.54) is 41.5 Å². The molecule has 0 spiro atoms. The Kier molecular flexibility index (Phi) is 12.2. The summed E-state index contributed by atoms with van der Waals surface area (Å²) in [5.41, 5.74) is -0.183. The van der Waals surface area contributed by atoms with Crippen LogP contribution in [0.15, 0.2) is 72.0 Å². The highest BCUT2D eigenvalue weighted by atomic mass is 32.2. The standard InChI is InChI=1S/C47H45F2N11O9S/c1-56(28-16-32(17-28)68-30-2-4-33-34(18-30)46(65)60(45(33)64)40-8-9-41(61)54-43(40)62)23-26-10-13-57(14-11-26)47-51-21-29(22-52-47)59-25-53-38-6-3-31(19-35(38)44(59)63)69-42-36(20-50)39(7-5-37(42)49)55-70(66,67)58-15-12-27(48)24-58/h2-7,18-19,21-22,25-28,32,40,55H,8-17,23-24H2,1H3,(H,54,61,62)/t27-,28-,32-,40?/m1/s1. The molecular formula is C47H45F2N11O9S. The number of hydrogen-bond acceptors (Lipinski definition) is 15. The van der Waals surface area contributed by atoms with Crippen LogP contribution < -0.4 is 30.0 Å². The number of carbonyl (C=O) groups is 4. The summed E-state index contributed by atoms with van der Waals surface area (Å²) in [6.07, 6.45) is 6.59. The zero-order chi connectivity index (χ0) is 49.0. The third-order valence-electron chi connectivity index (χ3n) is 13.6. The van der Waals surface area contributed by atoms with Crippen LogP contribution in [-0.4, -0.2) is 130 Å². The predicted octanol–water partition coefficient (Wildman–Crippen LogP) is 3.84. The van der Waals surface area contributed by atoms with E-state index < -0.39 is 68.7 Å². The van der Waals surface area contributed by atoms with E-state index in [1.54, 1.807) is 24.3 Å². The first-order valence-electron chi connectivity index (χ1n) is 22.8. The molecule has 3 saturated heterocycles. The molecule has 4 aliphatic heterocycles. The zero-order valence-corrected chi connectivity index (χ0v) is 38.4. The minimum atomic E-state index is -4.26. The lowest BCUT2D eigenvalue weighted by Gasteiger charge is -2.43. The van der Waals surface area contributed by atoms with E-state index in [2.05, 4.69) is 41.8 Å². The molecule has 5 aliphatic rings. The van der Waals surface area contributed by atoms with Crippen LogP contribution in [0, 0.1) is 23.1 Å². The van der Waals surface area contributed by atoms with Gasteiger partial charge in [0.15, 0.2) is 11.6 Å². The lowest BCUT2D eigenvalue weighted by atomic mass is 9.86. The summed E-state index contributed by atoms with van der Waals surface area (Å²) in [6, 6.07) is 12.1. The average molecular weight is 978 g/mol. The molecule has 0 radical (unpaired) electrons. The Morgan fingerprint density at radius 2 is 1.66 bits per heavy atom. The number of nitrogens with one attached hydrogen (secondary N) is 2. The van der Waals surface area contributed by atoms with Gasteiger partial charge in [-0.1, -0.05) is 0 Å². The van der Waals surface area contributed by atoms with Crippen molar-refractivity contribution in [3.8, 4) is 29.0 Å². The molecule has 0 bridgehead atoms. The van der Waals surface area contributed by atoms with Crippen molar-refractivity contribution in [2.75, 3.05) is 49.4 Å². The number of imide groups is 2. The van der Waals surface area contributed by atoms with E-state index in [0.29, 0.717) is 34.9 Å². The molecule has 4 fully saturated rings. The number of nitrogens with zero attached hydrogens (tertiary/aromatic N) is 9. The number of carbonyl (C=O) groups excluding carboxylic acids is 4. The second kappa shape index (κ2) is 18.5. The SMILES string of the molecule is CN(CC1CCN(c2ncc(-n3cnc4ccc(Oc5c(F)ccc(NS(=O)(=O)N6CC[C@@H](F)C6)c5C#N)cc4c3=O)cn2)CC1)[C@H]1C[C@H](Oc2ccc3c(c2)C(=O)N(C2CCC(=O)NC2=O)C3=O)C1. The summed E-state index contributed by atoms with van der Waals surface area (Å²) in [5, 5.41) is 12.3. The third kappa shape index (κ3) is 8.88. The number of piperidine rings is 2. The van der Waals surface area contributed by atoms with Crippen LogP contribution >= 0.6 is 0 Å². The van der Waals surface area contributed by atoms with Crippen molar-refractivity contribution in [3.63, 3.8) is 0 Å². The Bertz CT molecular complexity index is 3170. The van der Waals surface area contributed by atoms with Crippen molar-refractivity contribution < 1.29 is 45.9 Å². The summed E-state index contributed by atoms with van der Waals surface area (Å²) < 4.78 is 71.1. The van der Waals surface area contributed by atoms with Crippen molar-refractivity contribution in [2.24, 2.45) is 5.92 Å². The van der Waals surface area contributed by atoms with Gasteiger partial charge in [-0.25, -0.2) is 23.7 Å². The molecule has 2 atom stereocenters. The van der Waals surface area contributed by atoms with E-state index in [4.69, 9.17) is 9.47 Å². The first-order chi connectivity index (χ1) is 33.6. The number of nitriles is 1. The van der Waals surface area contributed by atoms with Crippen molar-refractivity contribution in [1.29, 1.82) is 5.26 Å². The van der Waals surface area contributed by atoms with Gasteiger partial charge in [0.05, 0.1) is 45.8 Å². The highest BCUT2D eigenvalue weighted by Gasteiger charge is 2.45. The molecule has 1 unspecified atom stereocenters. The molecule has 1 saturated carbocycles. The number of ether oxygens (including phenoxy) is 2. The molecule has 2 N–H and O–H groups in total. The minimum absolute atomic E-state index is 0.0267. The summed E-state index contributed by atoms with van der Waals surface area (Å²) >= 11 is 0. The number of anilines is 2. The number of amides is 4. The lowest BCUT2D eigenvalue weighted by Crippen LogP contribution is -2.54. The number of fused-ring (bicyclic) bond motifs is 2. The van der Waals surface area contributed by atoms with Crippen molar-refractivity contribution in [3.05, 3.63) is 100 Å². The van der Waals surface area contributed by atoms with Gasteiger partial charge in [0.2, 0.25) is 17.8 Å². The molecule has 4 amide bonds. The van der Waals surface area contributed by atoms with Crippen LogP contribution in [0.25, 0.3) is 16.6 Å². The summed E-state index contributed by atoms with van der Waals surface area (Å²) in [5.74, 6) is -2.36. The molecule has 362 valence electrons. The van der Waals surface area contributed by atoms with Crippen LogP contribution in [0.1, 0.15) is 71.2 Å². The van der Waals surface area contributed by atoms with Gasteiger partial charge in [0, 0.05) is 58.0 Å². The smallest absolute Gasteiger partial charge is 0.301 e. The van der Waals surface area contributed by atoms with Gasteiger partial charge in [-0.05, 0) is 87.2 Å². The molecular weight excluding hydrogens is 933 g/mol. The number of halogens is 2. The molecule has 5 aromatic rings. The van der Waals surface area contributed by atoms with Gasteiger partial charge >= 0.3 is 10.2 Å². The summed E-state index contributed by atoms with van der Waals surface area (Å²) in [6.45, 7) is 1.96. The molecule has 6 heterocycles. The number of aromatic nitrogens is 4. The maximum Gasteiger partial charge on any atom is 0.301 e. The Morgan fingerprint density at radius 1 is 0.914 bits per heavy atom. The molecule has 70 heavy (non-hydrogen) atoms. The van der Waals surface area contributed by atoms with E-state index in [-0.39, 0.29) is 66.4 Å². The predicted molar refractivity (Wildman–Crippen MR) is 246 cm³/mol. The van der Waals surface area contributed by atoms with Crippen LogP contribution in [-0.2, 0) is 19.8 Å². The number of rotatable bonds is 13. The van der Waals surface area contributed by atoms with Gasteiger partial charge < -0.3 is 19.3 Å². The monoisotopic (exact) mass is 977 g/mol. The minimum Gasteiger partial charge on any atom is -0.490 e. The molecule has 23 heteroatoms. The number of alkyl halides is 1. The fourth-order valence-corrected chi connectivity index (χ4v) is 10.9. The van der Waals surface area contributed by atoms with E-state index in [1.807, 2.05) is 0 Å². The van der Waals surface area contributed by atoms with Gasteiger partial charge in [-0.2, -0.15) is 18.0 Å². The third-order valence-corrected chi connectivity index (χ3v) is 15.1. The van der Waals surface area contributed by atoms with E-state index in [9.17, 15) is 42.0 Å². The Morgan fingerprint density at radius 3 is 2.37 bits per heavy atom. The summed E-state index contributed by atoms with van der Waals surface area (Å²) in [4.78, 5) is 83.1. The quantitative estimate of drug-likeness (QED) is 0.159. The van der Waals surface area contributed by atoms with Crippen LogP contribution in [0.3, 0.4) is 0 Å². The van der Waals surface area contributed by atoms with E-state index >= 15 is 4.39 Å². The largest absolute Gasteiger partial charge is 0.490 e. The lowest BCUT2D eigenvalue weighted by molar-refractivity contribution is -0.136. The van der Waals surface area contributed by atoms with Gasteiger partial charge in [-0.3, -0.25) is 43.5 Å². The van der Waals surface area contributed by atoms with Crippen molar-refractivity contribution in [1.82, 2.24) is 38.9 Å². The fraction of sp³-hybridized carbons (Fsp3) is 0.383. The molecule has 20 nitrogen and oxygen atoms in total. The zero-order valence-electron chi connectivity index (χ0n) is 37.6. The van der Waals surface area contributed by atoms with Gasteiger partial charge in [0.25, 0.3) is 17.4 Å². The van der Waals surface area contributed by atoms with Crippen LogP contribution in [0.5, 0.6) is 17.2 Å². The van der Waals surface area contributed by atoms with Crippen molar-refractivity contribution in [2.45, 2.75) is 69.3 Å². The molecule has 1 aliphatic carbocycles. The fourth-order valence-electron chi connectivity index (χ4n) is 9.61. The molecule has 10 rings (SSSR count). The Balaban J connectivity index is 0.720. The second-order valence-electron chi connectivity index (χ2n) is 18.1. The normalized spacial score (nSPS) is 22.0. The van der Waals surface area contributed by atoms with Gasteiger partial charge in [0.1, 0.15) is 47.8 Å². The topological polar surface area (TPSA) is 242 Å².